The molecule has 1 N–H and O–H groups in total. The Kier molecular flexibility index (Phi) is 6.42. The van der Waals surface area contributed by atoms with Crippen molar-refractivity contribution in [1.29, 1.82) is 0 Å². The summed E-state index contributed by atoms with van der Waals surface area (Å²) in [4.78, 5) is 11.3. The third-order valence-corrected chi connectivity index (χ3v) is 9.12. The Morgan fingerprint density at radius 2 is 1.73 bits per heavy atom. The molecule has 0 atom stereocenters. The van der Waals surface area contributed by atoms with E-state index in [0.717, 1.165) is 68.3 Å². The first kappa shape index (κ1) is 24.7. The SMILES string of the molecule is O=C(O)c1cccc(/C=C/C23CCC(OCc4c(-c5c(Cl)cccc5Cl)noc4C4CC4)(CC2)CC3)c1. The van der Waals surface area contributed by atoms with Gasteiger partial charge in [-0.05, 0) is 86.6 Å². The number of ether oxygens (including phenoxy) is 1. The van der Waals surface area contributed by atoms with Gasteiger partial charge in [0.15, 0.2) is 0 Å². The molecule has 37 heavy (non-hydrogen) atoms. The molecule has 5 nitrogen and oxygen atoms in total. The van der Waals surface area contributed by atoms with Gasteiger partial charge >= 0.3 is 5.97 Å². The van der Waals surface area contributed by atoms with Gasteiger partial charge in [0.05, 0.1) is 27.8 Å². The quantitative estimate of drug-likeness (QED) is 0.311. The number of carbonyl (C=O) groups is 1. The zero-order chi connectivity index (χ0) is 25.6. The topological polar surface area (TPSA) is 72.6 Å². The maximum Gasteiger partial charge on any atom is 0.335 e. The lowest BCUT2D eigenvalue weighted by Crippen LogP contribution is -2.46. The number of rotatable bonds is 8. The number of hydrogen-bond donors (Lipinski definition) is 1. The summed E-state index contributed by atoms with van der Waals surface area (Å²) >= 11 is 13.0. The number of carboxylic acid groups (broad SMARTS) is 1. The summed E-state index contributed by atoms with van der Waals surface area (Å²) in [5.74, 6) is 0.409. The Balaban J connectivity index is 1.17. The lowest BCUT2D eigenvalue weighted by Gasteiger charge is -2.52. The maximum atomic E-state index is 11.3. The molecule has 7 heteroatoms. The summed E-state index contributed by atoms with van der Waals surface area (Å²) in [5, 5.41) is 14.8. The molecule has 4 aliphatic rings. The highest BCUT2D eigenvalue weighted by atomic mass is 35.5. The molecule has 4 aliphatic carbocycles. The predicted octanol–water partition coefficient (Wildman–Crippen LogP) is 8.55. The molecular formula is C30H29Cl2NO4. The van der Waals surface area contributed by atoms with E-state index >= 15 is 0 Å². The molecule has 192 valence electrons. The van der Waals surface area contributed by atoms with Crippen molar-refractivity contribution in [2.24, 2.45) is 5.41 Å². The molecule has 1 heterocycles. The van der Waals surface area contributed by atoms with Gasteiger partial charge in [-0.2, -0.15) is 0 Å². The Bertz CT molecular complexity index is 1330. The molecule has 4 fully saturated rings. The number of carboxylic acids is 1. The van der Waals surface area contributed by atoms with E-state index in [0.29, 0.717) is 39.4 Å². The van der Waals surface area contributed by atoms with Crippen molar-refractivity contribution < 1.29 is 19.2 Å². The van der Waals surface area contributed by atoms with Crippen molar-refractivity contribution in [2.45, 2.75) is 69.5 Å². The van der Waals surface area contributed by atoms with Crippen molar-refractivity contribution in [1.82, 2.24) is 5.16 Å². The monoisotopic (exact) mass is 537 g/mol. The number of aromatic carboxylic acids is 1. The van der Waals surface area contributed by atoms with Gasteiger partial charge in [-0.3, -0.25) is 0 Å². The summed E-state index contributed by atoms with van der Waals surface area (Å²) in [7, 11) is 0. The van der Waals surface area contributed by atoms with Gasteiger partial charge in [-0.15, -0.1) is 0 Å². The van der Waals surface area contributed by atoms with Crippen LogP contribution in [0.25, 0.3) is 17.3 Å². The van der Waals surface area contributed by atoms with Gasteiger partial charge in [-0.1, -0.05) is 58.7 Å². The summed E-state index contributed by atoms with van der Waals surface area (Å²) in [5.41, 5.74) is 3.64. The molecule has 0 spiro atoms. The number of halogens is 2. The van der Waals surface area contributed by atoms with Crippen LogP contribution in [-0.4, -0.2) is 21.8 Å². The van der Waals surface area contributed by atoms with E-state index in [4.69, 9.17) is 32.5 Å². The summed E-state index contributed by atoms with van der Waals surface area (Å²) < 4.78 is 12.6. The van der Waals surface area contributed by atoms with Gasteiger partial charge in [0.25, 0.3) is 0 Å². The van der Waals surface area contributed by atoms with Crippen LogP contribution >= 0.6 is 23.2 Å². The molecule has 2 aromatic carbocycles. The molecule has 3 aromatic rings. The summed E-state index contributed by atoms with van der Waals surface area (Å²) in [6.07, 6.45) is 12.8. The zero-order valence-electron chi connectivity index (χ0n) is 20.5. The number of aromatic nitrogens is 1. The number of fused-ring (bicyclic) bond motifs is 3. The second kappa shape index (κ2) is 9.61. The minimum atomic E-state index is -0.900. The molecule has 0 aliphatic heterocycles. The normalized spacial score (nSPS) is 25.1. The maximum absolute atomic E-state index is 11.3. The van der Waals surface area contributed by atoms with E-state index in [9.17, 15) is 9.90 Å². The van der Waals surface area contributed by atoms with Crippen LogP contribution in [0, 0.1) is 5.41 Å². The molecule has 4 saturated carbocycles. The minimum absolute atomic E-state index is 0.140. The standard InChI is InChI=1S/C30H29Cl2NO4/c31-23-5-2-6-24(32)25(23)26-22(27(37-33-26)20-7-8-20)18-36-30-14-11-29(12-15-30,13-16-30)10-9-19-3-1-4-21(17-19)28(34)35/h1-6,9-10,17,20H,7-8,11-16,18H2,(H,34,35)/b10-9+. The Hall–Kier alpha value is -2.60. The average Bonchev–Trinajstić information content (AvgIpc) is 3.68. The van der Waals surface area contributed by atoms with Crippen molar-refractivity contribution in [3.05, 3.63) is 81.0 Å². The van der Waals surface area contributed by atoms with E-state index in [1.165, 1.54) is 0 Å². The fourth-order valence-corrected chi connectivity index (χ4v) is 6.55. The fourth-order valence-electron chi connectivity index (χ4n) is 5.97. The van der Waals surface area contributed by atoms with Crippen LogP contribution < -0.4 is 0 Å². The van der Waals surface area contributed by atoms with Crippen molar-refractivity contribution in [3.8, 4) is 11.3 Å². The van der Waals surface area contributed by atoms with Crippen LogP contribution in [0.2, 0.25) is 10.0 Å². The minimum Gasteiger partial charge on any atom is -0.478 e. The van der Waals surface area contributed by atoms with Gasteiger partial charge < -0.3 is 14.4 Å². The molecular weight excluding hydrogens is 509 g/mol. The molecule has 0 saturated heterocycles. The van der Waals surface area contributed by atoms with E-state index < -0.39 is 5.97 Å². The molecule has 2 bridgehead atoms. The number of allylic oxidation sites excluding steroid dienone is 1. The first-order valence-corrected chi connectivity index (χ1v) is 13.7. The highest BCUT2D eigenvalue weighted by molar-refractivity contribution is 6.39. The Morgan fingerprint density at radius 3 is 2.38 bits per heavy atom. The first-order chi connectivity index (χ1) is 17.9. The Morgan fingerprint density at radius 1 is 1.05 bits per heavy atom. The number of nitrogens with zero attached hydrogens (tertiary/aromatic N) is 1. The average molecular weight is 538 g/mol. The second-order valence-corrected chi connectivity index (χ2v) is 11.7. The fraction of sp³-hybridized carbons (Fsp3) is 0.400. The number of benzene rings is 2. The van der Waals surface area contributed by atoms with E-state index in [2.05, 4.69) is 17.3 Å². The molecule has 0 amide bonds. The van der Waals surface area contributed by atoms with Crippen LogP contribution in [0.5, 0.6) is 0 Å². The van der Waals surface area contributed by atoms with E-state index in [1.54, 1.807) is 18.2 Å². The van der Waals surface area contributed by atoms with Crippen LogP contribution in [-0.2, 0) is 11.3 Å². The number of hydrogen-bond acceptors (Lipinski definition) is 4. The largest absolute Gasteiger partial charge is 0.478 e. The Labute approximate surface area is 226 Å². The smallest absolute Gasteiger partial charge is 0.335 e. The third-order valence-electron chi connectivity index (χ3n) is 8.49. The first-order valence-electron chi connectivity index (χ1n) is 13.0. The van der Waals surface area contributed by atoms with Gasteiger partial charge in [-0.25, -0.2) is 4.79 Å². The van der Waals surface area contributed by atoms with Crippen LogP contribution in [0.3, 0.4) is 0 Å². The summed E-state index contributed by atoms with van der Waals surface area (Å²) in [6.45, 7) is 0.442. The lowest BCUT2D eigenvalue weighted by molar-refractivity contribution is -0.133. The molecule has 1 aromatic heterocycles. The highest BCUT2D eigenvalue weighted by Crippen LogP contribution is 2.55. The van der Waals surface area contributed by atoms with E-state index in [-0.39, 0.29) is 11.0 Å². The zero-order valence-corrected chi connectivity index (χ0v) is 22.0. The van der Waals surface area contributed by atoms with Gasteiger partial charge in [0, 0.05) is 17.0 Å². The predicted molar refractivity (Wildman–Crippen MR) is 144 cm³/mol. The third kappa shape index (κ3) is 4.85. The molecule has 0 radical (unpaired) electrons. The van der Waals surface area contributed by atoms with Crippen LogP contribution in [0.4, 0.5) is 0 Å². The molecule has 0 unspecified atom stereocenters. The lowest BCUT2D eigenvalue weighted by atomic mass is 9.58. The van der Waals surface area contributed by atoms with E-state index in [1.807, 2.05) is 24.3 Å². The van der Waals surface area contributed by atoms with Crippen LogP contribution in [0.1, 0.15) is 84.5 Å². The molecule has 7 rings (SSSR count). The van der Waals surface area contributed by atoms with Gasteiger partial charge in [0.1, 0.15) is 11.5 Å². The highest BCUT2D eigenvalue weighted by Gasteiger charge is 2.48. The van der Waals surface area contributed by atoms with Crippen LogP contribution in [0.15, 0.2) is 53.1 Å². The second-order valence-electron chi connectivity index (χ2n) is 10.8. The van der Waals surface area contributed by atoms with Crippen molar-refractivity contribution in [3.63, 3.8) is 0 Å². The van der Waals surface area contributed by atoms with Crippen molar-refractivity contribution in [2.75, 3.05) is 0 Å². The summed E-state index contributed by atoms with van der Waals surface area (Å²) in [6, 6.07) is 12.6. The van der Waals surface area contributed by atoms with Crippen molar-refractivity contribution >= 4 is 35.2 Å². The van der Waals surface area contributed by atoms with Gasteiger partial charge in [0.2, 0.25) is 0 Å².